The highest BCUT2D eigenvalue weighted by Crippen LogP contribution is 2.10. The average Bonchev–Trinajstić information content (AvgIpc) is 2.89. The molecule has 1 fully saturated rings. The molecule has 6 nitrogen and oxygen atoms in total. The molecule has 0 atom stereocenters. The number of benzene rings is 1. The molecule has 0 amide bonds. The van der Waals surface area contributed by atoms with Crippen molar-refractivity contribution >= 4 is 24.8 Å². The first kappa shape index (κ1) is 17.8. The minimum atomic E-state index is -0.263. The zero-order chi connectivity index (χ0) is 13.1. The number of aromatic nitrogens is 4. The van der Waals surface area contributed by atoms with Crippen molar-refractivity contribution in [2.24, 2.45) is 0 Å². The van der Waals surface area contributed by atoms with E-state index in [4.69, 9.17) is 0 Å². The van der Waals surface area contributed by atoms with Crippen LogP contribution in [0.2, 0.25) is 0 Å². The van der Waals surface area contributed by atoms with E-state index >= 15 is 0 Å². The first-order valence-corrected chi connectivity index (χ1v) is 6.29. The van der Waals surface area contributed by atoms with Crippen LogP contribution in [0.3, 0.4) is 0 Å². The number of piperazine rings is 1. The summed E-state index contributed by atoms with van der Waals surface area (Å²) in [5, 5.41) is 15.0. The summed E-state index contributed by atoms with van der Waals surface area (Å²) in [6, 6.07) is 6.16. The molecule has 0 radical (unpaired) electrons. The van der Waals surface area contributed by atoms with Gasteiger partial charge in [-0.15, -0.1) is 29.9 Å². The van der Waals surface area contributed by atoms with Gasteiger partial charge >= 0.3 is 0 Å². The fourth-order valence-corrected chi connectivity index (χ4v) is 2.16. The van der Waals surface area contributed by atoms with Crippen molar-refractivity contribution in [3.63, 3.8) is 0 Å². The highest BCUT2D eigenvalue weighted by molar-refractivity contribution is 5.85. The highest BCUT2D eigenvalue weighted by Gasteiger charge is 2.15. The predicted molar refractivity (Wildman–Crippen MR) is 81.8 cm³/mol. The van der Waals surface area contributed by atoms with Gasteiger partial charge in [0.05, 0.1) is 12.2 Å². The van der Waals surface area contributed by atoms with Gasteiger partial charge in [0.15, 0.2) is 5.82 Å². The molecule has 2 heterocycles. The predicted octanol–water partition coefficient (Wildman–Crippen LogP) is 1.05. The van der Waals surface area contributed by atoms with E-state index in [1.165, 1.54) is 12.1 Å². The second kappa shape index (κ2) is 8.23. The van der Waals surface area contributed by atoms with Gasteiger partial charge < -0.3 is 5.32 Å². The molecule has 0 unspecified atom stereocenters. The molecule has 1 aromatic carbocycles. The number of hydrogen-bond acceptors (Lipinski definition) is 5. The Morgan fingerprint density at radius 3 is 2.43 bits per heavy atom. The summed E-state index contributed by atoms with van der Waals surface area (Å²) < 4.78 is 14.6. The summed E-state index contributed by atoms with van der Waals surface area (Å²) in [5.74, 6) is 0.508. The van der Waals surface area contributed by atoms with Gasteiger partial charge in [-0.25, -0.2) is 4.39 Å². The van der Waals surface area contributed by atoms with Gasteiger partial charge in [-0.05, 0) is 34.7 Å². The van der Waals surface area contributed by atoms with Gasteiger partial charge in [0.25, 0.3) is 0 Å². The maximum atomic E-state index is 12.9. The second-order valence-electron chi connectivity index (χ2n) is 4.51. The van der Waals surface area contributed by atoms with Gasteiger partial charge in [-0.3, -0.25) is 4.90 Å². The molecular formula is C12H17Cl2FN6. The highest BCUT2D eigenvalue weighted by atomic mass is 35.5. The number of tetrazole rings is 1. The molecule has 0 saturated carbocycles. The van der Waals surface area contributed by atoms with Crippen molar-refractivity contribution in [2.45, 2.75) is 6.54 Å². The van der Waals surface area contributed by atoms with Crippen molar-refractivity contribution in [1.82, 2.24) is 30.4 Å². The van der Waals surface area contributed by atoms with Crippen LogP contribution < -0.4 is 5.32 Å². The largest absolute Gasteiger partial charge is 0.314 e. The zero-order valence-electron chi connectivity index (χ0n) is 11.3. The van der Waals surface area contributed by atoms with Crippen molar-refractivity contribution in [1.29, 1.82) is 0 Å². The van der Waals surface area contributed by atoms with E-state index in [1.807, 2.05) is 0 Å². The smallest absolute Gasteiger partial charge is 0.170 e. The Labute approximate surface area is 134 Å². The molecule has 1 saturated heterocycles. The lowest BCUT2D eigenvalue weighted by Gasteiger charge is -2.26. The Morgan fingerprint density at radius 1 is 1.10 bits per heavy atom. The molecule has 3 rings (SSSR count). The summed E-state index contributed by atoms with van der Waals surface area (Å²) in [7, 11) is 0. The fraction of sp³-hybridized carbons (Fsp3) is 0.417. The summed E-state index contributed by atoms with van der Waals surface area (Å²) >= 11 is 0. The van der Waals surface area contributed by atoms with Crippen LogP contribution in [-0.2, 0) is 6.54 Å². The number of halogens is 3. The normalized spacial score (nSPS) is 15.1. The molecule has 0 bridgehead atoms. The maximum Gasteiger partial charge on any atom is 0.170 e. The van der Waals surface area contributed by atoms with E-state index < -0.39 is 0 Å². The third kappa shape index (κ3) is 4.34. The lowest BCUT2D eigenvalue weighted by Crippen LogP contribution is -2.43. The standard InChI is InChI=1S/C12H15FN6.2ClH/c13-10-1-3-11(4-2-10)19-12(15-16-17-19)9-18-7-5-14-6-8-18;;/h1-4,14H,5-9H2;2*1H. The fourth-order valence-electron chi connectivity index (χ4n) is 2.16. The molecule has 21 heavy (non-hydrogen) atoms. The molecule has 0 spiro atoms. The molecule has 2 aromatic rings. The first-order chi connectivity index (χ1) is 9.33. The SMILES string of the molecule is Cl.Cl.Fc1ccc(-n2nnnc2CN2CCNCC2)cc1. The van der Waals surface area contributed by atoms with E-state index in [0.717, 1.165) is 37.7 Å². The number of hydrogen-bond donors (Lipinski definition) is 1. The van der Waals surface area contributed by atoms with Crippen LogP contribution in [0, 0.1) is 5.82 Å². The third-order valence-electron chi connectivity index (χ3n) is 3.18. The van der Waals surface area contributed by atoms with Crippen LogP contribution in [0.5, 0.6) is 0 Å². The van der Waals surface area contributed by atoms with Crippen LogP contribution in [0.25, 0.3) is 5.69 Å². The number of rotatable bonds is 3. The summed E-state index contributed by atoms with van der Waals surface area (Å²) in [6.07, 6.45) is 0. The first-order valence-electron chi connectivity index (χ1n) is 6.29. The Hall–Kier alpha value is -1.28. The van der Waals surface area contributed by atoms with Crippen molar-refractivity contribution in [3.8, 4) is 5.69 Å². The lowest BCUT2D eigenvalue weighted by molar-refractivity contribution is 0.226. The second-order valence-corrected chi connectivity index (χ2v) is 4.51. The van der Waals surface area contributed by atoms with Gasteiger partial charge in [-0.2, -0.15) is 4.68 Å². The van der Waals surface area contributed by atoms with E-state index in [9.17, 15) is 4.39 Å². The molecule has 1 N–H and O–H groups in total. The minimum Gasteiger partial charge on any atom is -0.314 e. The van der Waals surface area contributed by atoms with Gasteiger partial charge in [0.1, 0.15) is 5.82 Å². The molecule has 1 aromatic heterocycles. The molecule has 1 aliphatic rings. The topological polar surface area (TPSA) is 58.9 Å². The Kier molecular flexibility index (Phi) is 6.97. The maximum absolute atomic E-state index is 12.9. The quantitative estimate of drug-likeness (QED) is 0.909. The molecular weight excluding hydrogens is 318 g/mol. The minimum absolute atomic E-state index is 0. The zero-order valence-corrected chi connectivity index (χ0v) is 12.9. The van der Waals surface area contributed by atoms with E-state index in [1.54, 1.807) is 16.8 Å². The van der Waals surface area contributed by atoms with Crippen LogP contribution in [0.1, 0.15) is 5.82 Å². The summed E-state index contributed by atoms with van der Waals surface area (Å²) in [6.45, 7) is 4.63. The molecule has 9 heteroatoms. The summed E-state index contributed by atoms with van der Waals surface area (Å²) in [5.41, 5.74) is 0.775. The van der Waals surface area contributed by atoms with Crippen molar-refractivity contribution < 1.29 is 4.39 Å². The number of nitrogens with one attached hydrogen (secondary N) is 1. The van der Waals surface area contributed by atoms with Gasteiger partial charge in [0.2, 0.25) is 0 Å². The van der Waals surface area contributed by atoms with E-state index in [2.05, 4.69) is 25.7 Å². The van der Waals surface area contributed by atoms with Crippen LogP contribution >= 0.6 is 24.8 Å². The summed E-state index contributed by atoms with van der Waals surface area (Å²) in [4.78, 5) is 2.29. The Balaban J connectivity index is 0.00000110. The van der Waals surface area contributed by atoms with Crippen molar-refractivity contribution in [2.75, 3.05) is 26.2 Å². The molecule has 1 aliphatic heterocycles. The van der Waals surface area contributed by atoms with Crippen LogP contribution in [0.4, 0.5) is 4.39 Å². The average molecular weight is 335 g/mol. The van der Waals surface area contributed by atoms with Gasteiger partial charge in [0, 0.05) is 26.2 Å². The van der Waals surface area contributed by atoms with Gasteiger partial charge in [-0.1, -0.05) is 0 Å². The Bertz CT molecular complexity index is 541. The molecule has 116 valence electrons. The third-order valence-corrected chi connectivity index (χ3v) is 3.18. The lowest BCUT2D eigenvalue weighted by atomic mass is 10.3. The van der Waals surface area contributed by atoms with Crippen molar-refractivity contribution in [3.05, 3.63) is 35.9 Å². The molecule has 0 aliphatic carbocycles. The van der Waals surface area contributed by atoms with Crippen LogP contribution in [-0.4, -0.2) is 51.3 Å². The van der Waals surface area contributed by atoms with E-state index in [0.29, 0.717) is 6.54 Å². The number of nitrogens with zero attached hydrogens (tertiary/aromatic N) is 5. The van der Waals surface area contributed by atoms with Crippen LogP contribution in [0.15, 0.2) is 24.3 Å². The Morgan fingerprint density at radius 2 is 1.76 bits per heavy atom. The monoisotopic (exact) mass is 334 g/mol. The van der Waals surface area contributed by atoms with E-state index in [-0.39, 0.29) is 30.6 Å².